The summed E-state index contributed by atoms with van der Waals surface area (Å²) in [5.74, 6) is -1.29. The van der Waals surface area contributed by atoms with Crippen LogP contribution in [0, 0.1) is 0 Å². The van der Waals surface area contributed by atoms with Gasteiger partial charge in [-0.1, -0.05) is 0 Å². The Morgan fingerprint density at radius 3 is 2.94 bits per heavy atom. The molecular weight excluding hydrogens is 212 g/mol. The lowest BCUT2D eigenvalue weighted by atomic mass is 10.4. The third-order valence-corrected chi connectivity index (χ3v) is 1.99. The SMILES string of the molecule is COCCNC(=O)Cn1cccc1C(=O)O. The van der Waals surface area contributed by atoms with Gasteiger partial charge in [-0.15, -0.1) is 0 Å². The molecule has 0 radical (unpaired) electrons. The number of carboxylic acid groups (broad SMARTS) is 1. The number of rotatable bonds is 6. The van der Waals surface area contributed by atoms with Gasteiger partial charge in [0.25, 0.3) is 0 Å². The van der Waals surface area contributed by atoms with Crippen molar-refractivity contribution in [1.29, 1.82) is 0 Å². The summed E-state index contributed by atoms with van der Waals surface area (Å²) in [5.41, 5.74) is 0.0990. The zero-order valence-corrected chi connectivity index (χ0v) is 8.97. The van der Waals surface area contributed by atoms with Crippen LogP contribution in [0.3, 0.4) is 0 Å². The van der Waals surface area contributed by atoms with Crippen molar-refractivity contribution in [3.63, 3.8) is 0 Å². The summed E-state index contributed by atoms with van der Waals surface area (Å²) in [7, 11) is 1.54. The molecule has 1 amide bonds. The molecule has 0 aliphatic rings. The Kier molecular flexibility index (Phi) is 4.53. The largest absolute Gasteiger partial charge is 0.477 e. The van der Waals surface area contributed by atoms with Crippen LogP contribution >= 0.6 is 0 Å². The summed E-state index contributed by atoms with van der Waals surface area (Å²) in [4.78, 5) is 22.1. The molecule has 0 aliphatic heterocycles. The molecule has 0 unspecified atom stereocenters. The maximum absolute atomic E-state index is 11.4. The Morgan fingerprint density at radius 2 is 2.31 bits per heavy atom. The van der Waals surface area contributed by atoms with Gasteiger partial charge in [-0.05, 0) is 12.1 Å². The number of ether oxygens (including phenoxy) is 1. The summed E-state index contributed by atoms with van der Waals surface area (Å²) < 4.78 is 6.15. The average molecular weight is 226 g/mol. The molecule has 1 aromatic rings. The fraction of sp³-hybridized carbons (Fsp3) is 0.400. The lowest BCUT2D eigenvalue weighted by molar-refractivity contribution is -0.121. The highest BCUT2D eigenvalue weighted by molar-refractivity contribution is 5.86. The van der Waals surface area contributed by atoms with E-state index < -0.39 is 5.97 Å². The van der Waals surface area contributed by atoms with Gasteiger partial charge in [0.2, 0.25) is 5.91 Å². The fourth-order valence-corrected chi connectivity index (χ4v) is 1.25. The van der Waals surface area contributed by atoms with E-state index in [-0.39, 0.29) is 18.1 Å². The zero-order chi connectivity index (χ0) is 12.0. The summed E-state index contributed by atoms with van der Waals surface area (Å²) in [5, 5.41) is 11.4. The zero-order valence-electron chi connectivity index (χ0n) is 8.97. The summed E-state index contributed by atoms with van der Waals surface area (Å²) >= 11 is 0. The Labute approximate surface area is 92.8 Å². The van der Waals surface area contributed by atoms with Gasteiger partial charge in [-0.3, -0.25) is 4.79 Å². The number of nitrogens with one attached hydrogen (secondary N) is 1. The number of hydrogen-bond donors (Lipinski definition) is 2. The van der Waals surface area contributed by atoms with Crippen molar-refractivity contribution >= 4 is 11.9 Å². The smallest absolute Gasteiger partial charge is 0.352 e. The van der Waals surface area contributed by atoms with E-state index in [2.05, 4.69) is 5.32 Å². The molecule has 0 bridgehead atoms. The fourth-order valence-electron chi connectivity index (χ4n) is 1.25. The maximum Gasteiger partial charge on any atom is 0.352 e. The summed E-state index contributed by atoms with van der Waals surface area (Å²) in [6, 6.07) is 3.04. The van der Waals surface area contributed by atoms with Gasteiger partial charge < -0.3 is 19.7 Å². The van der Waals surface area contributed by atoms with Crippen LogP contribution in [-0.4, -0.2) is 41.8 Å². The first-order chi connectivity index (χ1) is 7.65. The van der Waals surface area contributed by atoms with E-state index >= 15 is 0 Å². The van der Waals surface area contributed by atoms with Crippen molar-refractivity contribution in [2.24, 2.45) is 0 Å². The van der Waals surface area contributed by atoms with Gasteiger partial charge in [-0.25, -0.2) is 4.79 Å². The van der Waals surface area contributed by atoms with E-state index in [1.54, 1.807) is 19.4 Å². The molecule has 0 spiro atoms. The van der Waals surface area contributed by atoms with E-state index in [4.69, 9.17) is 9.84 Å². The first-order valence-electron chi connectivity index (χ1n) is 4.79. The monoisotopic (exact) mass is 226 g/mol. The Balaban J connectivity index is 2.49. The number of carboxylic acids is 1. The molecule has 0 saturated carbocycles. The number of carbonyl (C=O) groups is 2. The lowest BCUT2D eigenvalue weighted by Crippen LogP contribution is -2.30. The van der Waals surface area contributed by atoms with E-state index in [9.17, 15) is 9.59 Å². The predicted octanol–water partition coefficient (Wildman–Crippen LogP) is -0.0511. The topological polar surface area (TPSA) is 80.6 Å². The van der Waals surface area contributed by atoms with Crippen LogP contribution in [0.1, 0.15) is 10.5 Å². The minimum Gasteiger partial charge on any atom is -0.477 e. The molecule has 0 saturated heterocycles. The second-order valence-corrected chi connectivity index (χ2v) is 3.17. The van der Waals surface area contributed by atoms with Crippen molar-refractivity contribution < 1.29 is 19.4 Å². The van der Waals surface area contributed by atoms with E-state index in [1.165, 1.54) is 10.6 Å². The molecule has 6 nitrogen and oxygen atoms in total. The Morgan fingerprint density at radius 1 is 1.56 bits per heavy atom. The van der Waals surface area contributed by atoms with E-state index in [0.29, 0.717) is 13.2 Å². The van der Waals surface area contributed by atoms with Gasteiger partial charge in [0.05, 0.1) is 6.61 Å². The van der Waals surface area contributed by atoms with Crippen LogP contribution in [0.15, 0.2) is 18.3 Å². The van der Waals surface area contributed by atoms with E-state index in [1.807, 2.05) is 0 Å². The van der Waals surface area contributed by atoms with Crippen LogP contribution in [-0.2, 0) is 16.1 Å². The van der Waals surface area contributed by atoms with Crippen molar-refractivity contribution in [3.05, 3.63) is 24.0 Å². The predicted molar refractivity (Wildman–Crippen MR) is 56.3 cm³/mol. The lowest BCUT2D eigenvalue weighted by Gasteiger charge is -2.07. The number of carbonyl (C=O) groups excluding carboxylic acids is 1. The molecular formula is C10H14N2O4. The Bertz CT molecular complexity index is 373. The number of methoxy groups -OCH3 is 1. The second kappa shape index (κ2) is 5.92. The molecule has 0 aliphatic carbocycles. The van der Waals surface area contributed by atoms with Crippen LogP contribution in [0.4, 0.5) is 0 Å². The first-order valence-corrected chi connectivity index (χ1v) is 4.79. The first kappa shape index (κ1) is 12.3. The summed E-state index contributed by atoms with van der Waals surface area (Å²) in [6.07, 6.45) is 1.55. The Hall–Kier alpha value is -1.82. The van der Waals surface area contributed by atoms with Gasteiger partial charge in [0.1, 0.15) is 12.2 Å². The molecule has 0 aromatic carbocycles. The van der Waals surface area contributed by atoms with Crippen molar-refractivity contribution in [3.8, 4) is 0 Å². The molecule has 88 valence electrons. The van der Waals surface area contributed by atoms with Crippen LogP contribution in [0.5, 0.6) is 0 Å². The summed E-state index contributed by atoms with van der Waals surface area (Å²) in [6.45, 7) is 0.848. The number of aromatic nitrogens is 1. The molecule has 1 aromatic heterocycles. The second-order valence-electron chi connectivity index (χ2n) is 3.17. The molecule has 2 N–H and O–H groups in total. The maximum atomic E-state index is 11.4. The molecule has 16 heavy (non-hydrogen) atoms. The normalized spacial score (nSPS) is 10.1. The van der Waals surface area contributed by atoms with Crippen LogP contribution in [0.2, 0.25) is 0 Å². The minimum absolute atomic E-state index is 0.00164. The number of amides is 1. The van der Waals surface area contributed by atoms with Gasteiger partial charge in [-0.2, -0.15) is 0 Å². The van der Waals surface area contributed by atoms with Gasteiger partial charge in [0.15, 0.2) is 0 Å². The highest BCUT2D eigenvalue weighted by Gasteiger charge is 2.10. The van der Waals surface area contributed by atoms with Crippen molar-refractivity contribution in [2.45, 2.75) is 6.54 Å². The van der Waals surface area contributed by atoms with Gasteiger partial charge >= 0.3 is 5.97 Å². The third-order valence-electron chi connectivity index (χ3n) is 1.99. The number of nitrogens with zero attached hydrogens (tertiary/aromatic N) is 1. The standard InChI is InChI=1S/C10H14N2O4/c1-16-6-4-11-9(13)7-12-5-2-3-8(12)10(14)15/h2-3,5H,4,6-7H2,1H3,(H,11,13)(H,14,15). The van der Waals surface area contributed by atoms with Crippen molar-refractivity contribution in [1.82, 2.24) is 9.88 Å². The van der Waals surface area contributed by atoms with Gasteiger partial charge in [0, 0.05) is 19.9 Å². The highest BCUT2D eigenvalue weighted by atomic mass is 16.5. The van der Waals surface area contributed by atoms with E-state index in [0.717, 1.165) is 0 Å². The highest BCUT2D eigenvalue weighted by Crippen LogP contribution is 2.01. The quantitative estimate of drug-likeness (QED) is 0.666. The number of aromatic carboxylic acids is 1. The van der Waals surface area contributed by atoms with Crippen molar-refractivity contribution in [2.75, 3.05) is 20.3 Å². The van der Waals surface area contributed by atoms with Crippen LogP contribution < -0.4 is 5.32 Å². The molecule has 1 heterocycles. The molecule has 0 fully saturated rings. The molecule has 1 rings (SSSR count). The molecule has 6 heteroatoms. The molecule has 0 atom stereocenters. The minimum atomic E-state index is -1.05. The van der Waals surface area contributed by atoms with Crippen LogP contribution in [0.25, 0.3) is 0 Å². The average Bonchev–Trinajstić information content (AvgIpc) is 2.66. The number of hydrogen-bond acceptors (Lipinski definition) is 3. The third kappa shape index (κ3) is 3.39.